The van der Waals surface area contributed by atoms with Gasteiger partial charge >= 0.3 is 0 Å². The fourth-order valence-electron chi connectivity index (χ4n) is 4.31. The Bertz CT molecular complexity index is 1150. The first-order valence-corrected chi connectivity index (χ1v) is 11.0. The fourth-order valence-corrected chi connectivity index (χ4v) is 4.31. The Morgan fingerprint density at radius 1 is 1.00 bits per heavy atom. The van der Waals surface area contributed by atoms with Crippen LogP contribution < -0.4 is 0 Å². The van der Waals surface area contributed by atoms with Gasteiger partial charge in [0, 0.05) is 38.8 Å². The summed E-state index contributed by atoms with van der Waals surface area (Å²) in [5, 5.41) is 0. The lowest BCUT2D eigenvalue weighted by Gasteiger charge is -2.29. The van der Waals surface area contributed by atoms with Gasteiger partial charge in [0.25, 0.3) is 0 Å². The van der Waals surface area contributed by atoms with Crippen LogP contribution in [0.5, 0.6) is 0 Å². The lowest BCUT2D eigenvalue weighted by molar-refractivity contribution is -0.143. The third kappa shape index (κ3) is 4.70. The van der Waals surface area contributed by atoms with E-state index in [-0.39, 0.29) is 37.1 Å². The van der Waals surface area contributed by atoms with E-state index < -0.39 is 5.41 Å². The largest absolute Gasteiger partial charge is 0.341 e. The number of amides is 3. The Hall–Kier alpha value is -3.80. The first-order valence-electron chi connectivity index (χ1n) is 11.0. The maximum Gasteiger partial charge on any atom is 0.241 e. The third-order valence-electron chi connectivity index (χ3n) is 6.22. The summed E-state index contributed by atoms with van der Waals surface area (Å²) >= 11 is 0. The zero-order chi connectivity index (χ0) is 23.4. The van der Waals surface area contributed by atoms with Gasteiger partial charge in [-0.2, -0.15) is 0 Å². The van der Waals surface area contributed by atoms with Crippen LogP contribution in [0.4, 0.5) is 0 Å². The van der Waals surface area contributed by atoms with E-state index in [9.17, 15) is 14.4 Å². The van der Waals surface area contributed by atoms with Crippen molar-refractivity contribution < 1.29 is 14.4 Å². The highest BCUT2D eigenvalue weighted by molar-refractivity contribution is 6.10. The maximum absolute atomic E-state index is 13.7. The molecule has 3 amide bonds. The van der Waals surface area contributed by atoms with Crippen LogP contribution in [0.2, 0.25) is 0 Å². The Kier molecular flexibility index (Phi) is 6.36. The molecule has 0 spiro atoms. The van der Waals surface area contributed by atoms with Crippen molar-refractivity contribution in [3.63, 3.8) is 0 Å². The van der Waals surface area contributed by atoms with Crippen LogP contribution in [0, 0.1) is 6.92 Å². The Morgan fingerprint density at radius 2 is 1.73 bits per heavy atom. The van der Waals surface area contributed by atoms with E-state index in [0.29, 0.717) is 12.1 Å². The summed E-state index contributed by atoms with van der Waals surface area (Å²) < 4.78 is 0. The standard InChI is InChI=1S/C27H27N3O3/c1-20-10-12-21(13-11-20)18-29(2)24(31)15-27(23-8-4-3-5-9-23)16-25(32)30(26(27)33)19-22-7-6-14-28-17-22/h3-14,17H,15-16,18-19H2,1-2H3/t27-/m1/s1. The molecule has 6 nitrogen and oxygen atoms in total. The average molecular weight is 442 g/mol. The molecule has 33 heavy (non-hydrogen) atoms. The summed E-state index contributed by atoms with van der Waals surface area (Å²) in [6.45, 7) is 2.60. The third-order valence-corrected chi connectivity index (χ3v) is 6.22. The van der Waals surface area contributed by atoms with Crippen LogP contribution >= 0.6 is 0 Å². The molecule has 1 aliphatic rings. The molecular formula is C27H27N3O3. The van der Waals surface area contributed by atoms with Crippen LogP contribution in [0.3, 0.4) is 0 Å². The number of pyridine rings is 1. The van der Waals surface area contributed by atoms with Gasteiger partial charge in [-0.25, -0.2) is 0 Å². The molecule has 0 bridgehead atoms. The second kappa shape index (κ2) is 9.36. The minimum absolute atomic E-state index is 0.0276. The Balaban J connectivity index is 1.60. The van der Waals surface area contributed by atoms with Crippen LogP contribution in [0.15, 0.2) is 79.1 Å². The molecule has 6 heteroatoms. The topological polar surface area (TPSA) is 70.6 Å². The van der Waals surface area contributed by atoms with Crippen molar-refractivity contribution in [2.24, 2.45) is 0 Å². The molecular weight excluding hydrogens is 414 g/mol. The van der Waals surface area contributed by atoms with Gasteiger partial charge in [0.15, 0.2) is 0 Å². The molecule has 1 aliphatic heterocycles. The SMILES string of the molecule is Cc1ccc(CN(C)C(=O)C[C@]2(c3ccccc3)CC(=O)N(Cc3cccnc3)C2=O)cc1. The number of rotatable bonds is 7. The molecule has 0 unspecified atom stereocenters. The molecule has 1 saturated heterocycles. The summed E-state index contributed by atoms with van der Waals surface area (Å²) in [5.74, 6) is -0.787. The van der Waals surface area contributed by atoms with Gasteiger partial charge in [-0.05, 0) is 29.7 Å². The van der Waals surface area contributed by atoms with Gasteiger partial charge in [0.2, 0.25) is 17.7 Å². The number of hydrogen-bond donors (Lipinski definition) is 0. The summed E-state index contributed by atoms with van der Waals surface area (Å²) in [5.41, 5.74) is 2.41. The Morgan fingerprint density at radius 3 is 2.39 bits per heavy atom. The zero-order valence-electron chi connectivity index (χ0n) is 18.9. The molecule has 3 aromatic rings. The highest BCUT2D eigenvalue weighted by atomic mass is 16.2. The molecule has 0 radical (unpaired) electrons. The second-order valence-corrected chi connectivity index (χ2v) is 8.68. The molecule has 1 fully saturated rings. The fraction of sp³-hybridized carbons (Fsp3) is 0.259. The van der Waals surface area contributed by atoms with Crippen LogP contribution in [-0.4, -0.2) is 39.6 Å². The monoisotopic (exact) mass is 441 g/mol. The van der Waals surface area contributed by atoms with E-state index >= 15 is 0 Å². The maximum atomic E-state index is 13.7. The van der Waals surface area contributed by atoms with Gasteiger partial charge < -0.3 is 4.90 Å². The zero-order valence-corrected chi connectivity index (χ0v) is 18.9. The van der Waals surface area contributed by atoms with Crippen LogP contribution in [-0.2, 0) is 32.9 Å². The van der Waals surface area contributed by atoms with E-state index in [2.05, 4.69) is 4.98 Å². The molecule has 2 heterocycles. The number of likely N-dealkylation sites (tertiary alicyclic amines) is 1. The number of benzene rings is 2. The molecule has 168 valence electrons. The van der Waals surface area contributed by atoms with Gasteiger partial charge in [-0.1, -0.05) is 66.2 Å². The number of aryl methyl sites for hydroxylation is 1. The molecule has 2 aromatic carbocycles. The van der Waals surface area contributed by atoms with E-state index in [4.69, 9.17) is 0 Å². The average Bonchev–Trinajstić information content (AvgIpc) is 3.06. The van der Waals surface area contributed by atoms with Crippen molar-refractivity contribution in [3.8, 4) is 0 Å². The highest BCUT2D eigenvalue weighted by Crippen LogP contribution is 2.40. The van der Waals surface area contributed by atoms with Gasteiger partial charge in [-0.3, -0.25) is 24.3 Å². The molecule has 1 aromatic heterocycles. The first-order chi connectivity index (χ1) is 15.9. The lowest BCUT2D eigenvalue weighted by atomic mass is 9.75. The van der Waals surface area contributed by atoms with Gasteiger partial charge in [-0.15, -0.1) is 0 Å². The Labute approximate surface area is 193 Å². The van der Waals surface area contributed by atoms with E-state index in [1.807, 2.05) is 67.6 Å². The van der Waals surface area contributed by atoms with Crippen molar-refractivity contribution in [3.05, 3.63) is 101 Å². The molecule has 0 saturated carbocycles. The minimum Gasteiger partial charge on any atom is -0.341 e. The summed E-state index contributed by atoms with van der Waals surface area (Å²) in [7, 11) is 1.73. The van der Waals surface area contributed by atoms with Crippen molar-refractivity contribution in [1.82, 2.24) is 14.8 Å². The summed E-state index contributed by atoms with van der Waals surface area (Å²) in [6, 6.07) is 20.8. The number of carbonyl (C=O) groups excluding carboxylic acids is 3. The highest BCUT2D eigenvalue weighted by Gasteiger charge is 2.53. The van der Waals surface area contributed by atoms with Crippen molar-refractivity contribution >= 4 is 17.7 Å². The summed E-state index contributed by atoms with van der Waals surface area (Å²) in [4.78, 5) is 47.0. The molecule has 0 aliphatic carbocycles. The predicted octanol–water partition coefficient (Wildman–Crippen LogP) is 3.64. The normalized spacial score (nSPS) is 17.9. The van der Waals surface area contributed by atoms with Crippen molar-refractivity contribution in [2.45, 2.75) is 38.3 Å². The second-order valence-electron chi connectivity index (χ2n) is 8.68. The predicted molar refractivity (Wildman–Crippen MR) is 125 cm³/mol. The van der Waals surface area contributed by atoms with Crippen LogP contribution in [0.25, 0.3) is 0 Å². The number of aromatic nitrogens is 1. The van der Waals surface area contributed by atoms with E-state index in [1.54, 1.807) is 30.4 Å². The quantitative estimate of drug-likeness (QED) is 0.525. The number of carbonyl (C=O) groups is 3. The van der Waals surface area contributed by atoms with Crippen LogP contribution in [0.1, 0.15) is 35.1 Å². The summed E-state index contributed by atoms with van der Waals surface area (Å²) in [6.07, 6.45) is 3.20. The number of hydrogen-bond acceptors (Lipinski definition) is 4. The molecule has 0 N–H and O–H groups in total. The minimum atomic E-state index is -1.21. The lowest BCUT2D eigenvalue weighted by Crippen LogP contribution is -2.42. The number of imide groups is 1. The van der Waals surface area contributed by atoms with Crippen molar-refractivity contribution in [2.75, 3.05) is 7.05 Å². The first kappa shape index (κ1) is 22.4. The molecule has 1 atom stereocenters. The smallest absolute Gasteiger partial charge is 0.241 e. The van der Waals surface area contributed by atoms with Gasteiger partial charge in [0.1, 0.15) is 0 Å². The molecule has 4 rings (SSSR count). The van der Waals surface area contributed by atoms with Crippen molar-refractivity contribution in [1.29, 1.82) is 0 Å². The van der Waals surface area contributed by atoms with E-state index in [1.165, 1.54) is 4.90 Å². The number of nitrogens with zero attached hydrogens (tertiary/aromatic N) is 3. The van der Waals surface area contributed by atoms with Gasteiger partial charge in [0.05, 0.1) is 12.0 Å². The van der Waals surface area contributed by atoms with E-state index in [0.717, 1.165) is 16.7 Å².